The molecule has 240 valence electrons. The summed E-state index contributed by atoms with van der Waals surface area (Å²) in [5.41, 5.74) is 12.8. The molecule has 1 aliphatic carbocycles. The van der Waals surface area contributed by atoms with Crippen molar-refractivity contribution in [2.75, 3.05) is 6.54 Å². The van der Waals surface area contributed by atoms with Crippen LogP contribution < -0.4 is 0 Å². The minimum absolute atomic E-state index is 0.259. The number of hydrogen-bond acceptors (Lipinski definition) is 2. The standard InChI is InChI=1S/C48H33N3/c1-2-12-32(13-3-1)36-28-37(30-38(29-36)48-49-31-35-14-4-9-19-44(35)50-48)33-22-24-34(25-23-33)39-26-27-47(41-16-6-5-15-40(39)41)51-45-20-10-7-17-42(45)43-18-8-11-21-46(43)51/h1-30,35H,31H2. The Balaban J connectivity index is 1.07. The zero-order valence-corrected chi connectivity index (χ0v) is 27.9. The molecule has 0 saturated heterocycles. The fourth-order valence-electron chi connectivity index (χ4n) is 7.82. The summed E-state index contributed by atoms with van der Waals surface area (Å²) in [6.07, 6.45) is 8.45. The molecule has 51 heavy (non-hydrogen) atoms. The van der Waals surface area contributed by atoms with Crippen molar-refractivity contribution in [3.8, 4) is 39.1 Å². The molecular weight excluding hydrogens is 619 g/mol. The van der Waals surface area contributed by atoms with Crippen molar-refractivity contribution in [1.29, 1.82) is 0 Å². The summed E-state index contributed by atoms with van der Waals surface area (Å²) < 4.78 is 2.42. The number of aliphatic imine (C=N–C) groups is 2. The number of para-hydroxylation sites is 2. The van der Waals surface area contributed by atoms with E-state index in [0.29, 0.717) is 0 Å². The summed E-state index contributed by atoms with van der Waals surface area (Å²) in [5.74, 6) is 1.06. The van der Waals surface area contributed by atoms with Gasteiger partial charge in [-0.15, -0.1) is 0 Å². The van der Waals surface area contributed by atoms with Crippen LogP contribution in [0.2, 0.25) is 0 Å². The van der Waals surface area contributed by atoms with E-state index in [4.69, 9.17) is 9.98 Å². The average Bonchev–Trinajstić information content (AvgIpc) is 3.54. The third kappa shape index (κ3) is 5.05. The monoisotopic (exact) mass is 651 g/mol. The SMILES string of the molecule is C1=CC2=NC(c3cc(-c4ccccc4)cc(-c4ccc(-c5ccc(-n6c7ccccc7c7ccccc76)c6ccccc56)cc4)c3)=NCC2C=C1. The summed E-state index contributed by atoms with van der Waals surface area (Å²) in [4.78, 5) is 9.95. The Bertz CT molecular complexity index is 2710. The molecule has 1 aliphatic heterocycles. The molecule has 8 aromatic rings. The Morgan fingerprint density at radius 3 is 1.78 bits per heavy atom. The molecule has 0 saturated carbocycles. The Labute approximate surface area is 296 Å². The number of nitrogens with zero attached hydrogens (tertiary/aromatic N) is 3. The summed E-state index contributed by atoms with van der Waals surface area (Å²) in [7, 11) is 0. The highest BCUT2D eigenvalue weighted by atomic mass is 15.0. The maximum Gasteiger partial charge on any atom is 0.154 e. The maximum absolute atomic E-state index is 5.01. The molecule has 0 spiro atoms. The van der Waals surface area contributed by atoms with E-state index in [1.165, 1.54) is 55.0 Å². The molecule has 0 fully saturated rings. The van der Waals surface area contributed by atoms with Crippen LogP contribution in [0, 0.1) is 5.92 Å². The molecule has 0 bridgehead atoms. The number of hydrogen-bond donors (Lipinski definition) is 0. The van der Waals surface area contributed by atoms with Gasteiger partial charge in [-0.2, -0.15) is 0 Å². The maximum atomic E-state index is 5.01. The first-order chi connectivity index (χ1) is 25.3. The van der Waals surface area contributed by atoms with Gasteiger partial charge in [-0.3, -0.25) is 4.99 Å². The van der Waals surface area contributed by atoms with Crippen LogP contribution in [-0.2, 0) is 0 Å². The van der Waals surface area contributed by atoms with Crippen molar-refractivity contribution in [1.82, 2.24) is 4.57 Å². The van der Waals surface area contributed by atoms with Crippen molar-refractivity contribution in [3.63, 3.8) is 0 Å². The highest BCUT2D eigenvalue weighted by molar-refractivity contribution is 6.14. The van der Waals surface area contributed by atoms with Crippen LogP contribution in [0.4, 0.5) is 0 Å². The summed E-state index contributed by atoms with van der Waals surface area (Å²) in [5, 5.41) is 5.00. The molecule has 1 unspecified atom stereocenters. The van der Waals surface area contributed by atoms with Crippen LogP contribution in [0.25, 0.3) is 71.6 Å². The van der Waals surface area contributed by atoms with E-state index < -0.39 is 0 Å². The average molecular weight is 652 g/mol. The number of fused-ring (bicyclic) bond motifs is 5. The summed E-state index contributed by atoms with van der Waals surface area (Å²) >= 11 is 0. The second kappa shape index (κ2) is 12.1. The Hall–Kier alpha value is -6.58. The topological polar surface area (TPSA) is 29.6 Å². The van der Waals surface area contributed by atoms with Crippen LogP contribution in [0.15, 0.2) is 192 Å². The van der Waals surface area contributed by atoms with Crippen LogP contribution in [0.5, 0.6) is 0 Å². The van der Waals surface area contributed by atoms with E-state index in [9.17, 15) is 0 Å². The van der Waals surface area contributed by atoms with Crippen molar-refractivity contribution in [2.45, 2.75) is 0 Å². The molecular formula is C48H33N3. The van der Waals surface area contributed by atoms with Crippen molar-refractivity contribution >= 4 is 44.1 Å². The number of amidine groups is 1. The molecule has 7 aromatic carbocycles. The lowest BCUT2D eigenvalue weighted by Gasteiger charge is -2.20. The van der Waals surface area contributed by atoms with Gasteiger partial charge in [-0.05, 0) is 81.2 Å². The van der Waals surface area contributed by atoms with Gasteiger partial charge in [0.15, 0.2) is 5.84 Å². The second-order valence-corrected chi connectivity index (χ2v) is 13.3. The van der Waals surface area contributed by atoms with Gasteiger partial charge in [0.05, 0.1) is 29.0 Å². The lowest BCUT2D eigenvalue weighted by Crippen LogP contribution is -2.22. The van der Waals surface area contributed by atoms with Gasteiger partial charge in [0, 0.05) is 27.6 Å². The number of benzene rings is 7. The first kappa shape index (κ1) is 29.3. The third-order valence-corrected chi connectivity index (χ3v) is 10.3. The molecule has 2 heterocycles. The molecule has 3 heteroatoms. The smallest absolute Gasteiger partial charge is 0.154 e. The van der Waals surface area contributed by atoms with Gasteiger partial charge in [-0.1, -0.05) is 140 Å². The highest BCUT2D eigenvalue weighted by Gasteiger charge is 2.20. The molecule has 1 atom stereocenters. The Morgan fingerprint density at radius 1 is 0.471 bits per heavy atom. The van der Waals surface area contributed by atoms with Crippen LogP contribution >= 0.6 is 0 Å². The molecule has 0 N–H and O–H groups in total. The minimum atomic E-state index is 0.259. The second-order valence-electron chi connectivity index (χ2n) is 13.3. The van der Waals surface area contributed by atoms with Gasteiger partial charge in [0.25, 0.3) is 0 Å². The summed E-state index contributed by atoms with van der Waals surface area (Å²) in [6.45, 7) is 0.720. The van der Waals surface area contributed by atoms with Crippen LogP contribution in [-0.4, -0.2) is 22.7 Å². The summed E-state index contributed by atoms with van der Waals surface area (Å²) in [6, 6.07) is 57.1. The lowest BCUT2D eigenvalue weighted by atomic mass is 9.92. The molecule has 1 aromatic heterocycles. The number of allylic oxidation sites excluding steroid dienone is 3. The van der Waals surface area contributed by atoms with Crippen LogP contribution in [0.3, 0.4) is 0 Å². The molecule has 3 nitrogen and oxygen atoms in total. The fourth-order valence-corrected chi connectivity index (χ4v) is 7.82. The predicted octanol–water partition coefficient (Wildman–Crippen LogP) is 11.9. The van der Waals surface area contributed by atoms with Gasteiger partial charge in [0.2, 0.25) is 0 Å². The minimum Gasteiger partial charge on any atom is -0.309 e. The zero-order chi connectivity index (χ0) is 33.7. The van der Waals surface area contributed by atoms with E-state index in [0.717, 1.165) is 40.3 Å². The van der Waals surface area contributed by atoms with E-state index in [1.54, 1.807) is 0 Å². The van der Waals surface area contributed by atoms with Crippen LogP contribution in [0.1, 0.15) is 5.56 Å². The Kier molecular flexibility index (Phi) is 6.95. The first-order valence-corrected chi connectivity index (χ1v) is 17.6. The van der Waals surface area contributed by atoms with Gasteiger partial charge in [0.1, 0.15) is 0 Å². The fraction of sp³-hybridized carbons (Fsp3) is 0.0417. The molecule has 0 radical (unpaired) electrons. The zero-order valence-electron chi connectivity index (χ0n) is 27.9. The third-order valence-electron chi connectivity index (χ3n) is 10.3. The van der Waals surface area contributed by atoms with Gasteiger partial charge >= 0.3 is 0 Å². The van der Waals surface area contributed by atoms with E-state index in [1.807, 2.05) is 0 Å². The number of rotatable bonds is 5. The van der Waals surface area contributed by atoms with Crippen molar-refractivity contribution in [2.24, 2.45) is 15.9 Å². The van der Waals surface area contributed by atoms with E-state index in [2.05, 4.69) is 187 Å². The van der Waals surface area contributed by atoms with Crippen molar-refractivity contribution in [3.05, 3.63) is 188 Å². The van der Waals surface area contributed by atoms with E-state index in [-0.39, 0.29) is 5.92 Å². The van der Waals surface area contributed by atoms with E-state index >= 15 is 0 Å². The molecule has 2 aliphatic rings. The first-order valence-electron chi connectivity index (χ1n) is 17.6. The van der Waals surface area contributed by atoms with Gasteiger partial charge < -0.3 is 4.57 Å². The lowest BCUT2D eigenvalue weighted by molar-refractivity contribution is 0.848. The van der Waals surface area contributed by atoms with Gasteiger partial charge in [-0.25, -0.2) is 4.99 Å². The largest absolute Gasteiger partial charge is 0.309 e. The quantitative estimate of drug-likeness (QED) is 0.177. The normalized spacial score (nSPS) is 15.3. The van der Waals surface area contributed by atoms with Crippen molar-refractivity contribution < 1.29 is 0 Å². The highest BCUT2D eigenvalue weighted by Crippen LogP contribution is 2.39. The molecule has 0 amide bonds. The number of aromatic nitrogens is 1. The molecule has 10 rings (SSSR count). The predicted molar refractivity (Wildman–Crippen MR) is 215 cm³/mol. The Morgan fingerprint density at radius 2 is 1.06 bits per heavy atom.